The molecule has 0 saturated heterocycles. The molecule has 0 aliphatic carbocycles. The summed E-state index contributed by atoms with van der Waals surface area (Å²) in [4.78, 5) is 24.3. The van der Waals surface area contributed by atoms with Crippen molar-refractivity contribution in [2.45, 2.75) is 20.8 Å². The molecule has 1 heterocycles. The van der Waals surface area contributed by atoms with E-state index in [0.29, 0.717) is 15.6 Å². The van der Waals surface area contributed by atoms with E-state index in [1.54, 1.807) is 40.0 Å². The smallest absolute Gasteiger partial charge is 0.350 e. The number of hydrogen-bond acceptors (Lipinski definition) is 5. The molecule has 0 atom stereocenters. The van der Waals surface area contributed by atoms with Crippen LogP contribution in [0.1, 0.15) is 30.4 Å². The second kappa shape index (κ2) is 6.26. The van der Waals surface area contributed by atoms with Gasteiger partial charge in [-0.2, -0.15) is 0 Å². The lowest BCUT2D eigenvalue weighted by atomic mass is 9.91. The van der Waals surface area contributed by atoms with Crippen molar-refractivity contribution in [2.75, 3.05) is 13.7 Å². The van der Waals surface area contributed by atoms with Gasteiger partial charge in [-0.25, -0.2) is 4.79 Å². The number of Topliss-reactive ketones (excluding diaryl/α,β-unsaturated/α-hetero) is 1. The maximum Gasteiger partial charge on any atom is 0.350 e. The lowest BCUT2D eigenvalue weighted by molar-refractivity contribution is -0.129. The standard InChI is InChI=1S/C16H17ClO4S/c1-16(2,3)12(18)8-21-15(19)14-13(17)10-6-5-9(20-4)7-11(10)22-14/h5-7H,8H2,1-4H3. The Morgan fingerprint density at radius 3 is 2.55 bits per heavy atom. The Hall–Kier alpha value is -1.59. The molecule has 22 heavy (non-hydrogen) atoms. The molecule has 1 aromatic carbocycles. The number of rotatable bonds is 4. The lowest BCUT2D eigenvalue weighted by Crippen LogP contribution is -2.26. The number of esters is 1. The van der Waals surface area contributed by atoms with Crippen molar-refractivity contribution >= 4 is 44.8 Å². The van der Waals surface area contributed by atoms with Gasteiger partial charge in [0.1, 0.15) is 10.6 Å². The van der Waals surface area contributed by atoms with Crippen molar-refractivity contribution in [3.63, 3.8) is 0 Å². The van der Waals surface area contributed by atoms with Gasteiger partial charge >= 0.3 is 5.97 Å². The summed E-state index contributed by atoms with van der Waals surface area (Å²) in [5, 5.41) is 1.11. The Labute approximate surface area is 138 Å². The molecule has 0 aliphatic rings. The number of methoxy groups -OCH3 is 1. The molecular weight excluding hydrogens is 324 g/mol. The molecule has 2 rings (SSSR count). The highest BCUT2D eigenvalue weighted by Crippen LogP contribution is 2.37. The van der Waals surface area contributed by atoms with Crippen molar-refractivity contribution in [1.82, 2.24) is 0 Å². The first-order valence-corrected chi connectivity index (χ1v) is 7.90. The maximum atomic E-state index is 12.1. The number of ether oxygens (including phenoxy) is 2. The van der Waals surface area contributed by atoms with E-state index >= 15 is 0 Å². The summed E-state index contributed by atoms with van der Waals surface area (Å²) in [7, 11) is 1.57. The molecule has 0 N–H and O–H groups in total. The minimum Gasteiger partial charge on any atom is -0.497 e. The van der Waals surface area contributed by atoms with E-state index in [2.05, 4.69) is 0 Å². The van der Waals surface area contributed by atoms with E-state index in [1.807, 2.05) is 6.07 Å². The van der Waals surface area contributed by atoms with E-state index in [9.17, 15) is 9.59 Å². The fraction of sp³-hybridized carbons (Fsp3) is 0.375. The van der Waals surface area contributed by atoms with Crippen LogP contribution < -0.4 is 4.74 Å². The fourth-order valence-electron chi connectivity index (χ4n) is 1.72. The average Bonchev–Trinajstić information content (AvgIpc) is 2.79. The van der Waals surface area contributed by atoms with Crippen LogP contribution in [0.5, 0.6) is 5.75 Å². The van der Waals surface area contributed by atoms with Crippen molar-refractivity contribution in [3.05, 3.63) is 28.1 Å². The number of carbonyl (C=O) groups is 2. The summed E-state index contributed by atoms with van der Waals surface area (Å²) < 4.78 is 11.1. The van der Waals surface area contributed by atoms with Gasteiger partial charge in [0, 0.05) is 15.5 Å². The Morgan fingerprint density at radius 1 is 1.27 bits per heavy atom. The molecule has 0 unspecified atom stereocenters. The third-order valence-electron chi connectivity index (χ3n) is 3.19. The predicted octanol–water partition coefficient (Wildman–Crippen LogP) is 4.34. The second-order valence-electron chi connectivity index (χ2n) is 5.86. The number of halogens is 1. The molecule has 118 valence electrons. The number of ketones is 1. The van der Waals surface area contributed by atoms with Crippen molar-refractivity contribution in [3.8, 4) is 5.75 Å². The van der Waals surface area contributed by atoms with Crippen molar-refractivity contribution in [2.24, 2.45) is 5.41 Å². The summed E-state index contributed by atoms with van der Waals surface area (Å²) in [6, 6.07) is 5.38. The van der Waals surface area contributed by atoms with Crippen LogP contribution in [0.25, 0.3) is 10.1 Å². The molecular formula is C16H17ClO4S. The van der Waals surface area contributed by atoms with E-state index in [-0.39, 0.29) is 12.4 Å². The van der Waals surface area contributed by atoms with Crippen LogP contribution in [-0.2, 0) is 9.53 Å². The monoisotopic (exact) mass is 340 g/mol. The van der Waals surface area contributed by atoms with Gasteiger partial charge in [0.15, 0.2) is 12.4 Å². The molecule has 6 heteroatoms. The minimum atomic E-state index is -0.581. The van der Waals surface area contributed by atoms with E-state index in [1.165, 1.54) is 11.3 Å². The van der Waals surface area contributed by atoms with Crippen LogP contribution >= 0.6 is 22.9 Å². The van der Waals surface area contributed by atoms with Crippen LogP contribution in [0.2, 0.25) is 5.02 Å². The zero-order chi connectivity index (χ0) is 16.5. The van der Waals surface area contributed by atoms with Gasteiger partial charge in [-0.15, -0.1) is 11.3 Å². The third kappa shape index (κ3) is 3.42. The van der Waals surface area contributed by atoms with Crippen molar-refractivity contribution in [1.29, 1.82) is 0 Å². The molecule has 2 aromatic rings. The number of benzene rings is 1. The molecule has 4 nitrogen and oxygen atoms in total. The number of hydrogen-bond donors (Lipinski definition) is 0. The summed E-state index contributed by atoms with van der Waals surface area (Å²) in [5.74, 6) is -0.0317. The summed E-state index contributed by atoms with van der Waals surface area (Å²) in [5.41, 5.74) is -0.544. The van der Waals surface area contributed by atoms with Crippen LogP contribution in [0.4, 0.5) is 0 Å². The molecule has 0 saturated carbocycles. The van der Waals surface area contributed by atoms with E-state index in [4.69, 9.17) is 21.1 Å². The first-order chi connectivity index (χ1) is 10.2. The van der Waals surface area contributed by atoms with Gasteiger partial charge in [-0.05, 0) is 18.2 Å². The summed E-state index contributed by atoms with van der Waals surface area (Å²) >= 11 is 7.46. The first-order valence-electron chi connectivity index (χ1n) is 6.70. The first kappa shape index (κ1) is 16.8. The van der Waals surface area contributed by atoms with Gasteiger partial charge in [0.2, 0.25) is 0 Å². The maximum absolute atomic E-state index is 12.1. The quantitative estimate of drug-likeness (QED) is 0.777. The fourth-order valence-corrected chi connectivity index (χ4v) is 3.15. The highest BCUT2D eigenvalue weighted by atomic mass is 35.5. The number of carbonyl (C=O) groups excluding carboxylic acids is 2. The van der Waals surface area contributed by atoms with Crippen LogP contribution in [0, 0.1) is 5.41 Å². The van der Waals surface area contributed by atoms with E-state index in [0.717, 1.165) is 10.1 Å². The zero-order valence-corrected chi connectivity index (χ0v) is 14.4. The Bertz CT molecular complexity index is 728. The summed E-state index contributed by atoms with van der Waals surface area (Å²) in [6.45, 7) is 5.09. The average molecular weight is 341 g/mol. The highest BCUT2D eigenvalue weighted by Gasteiger charge is 2.24. The second-order valence-corrected chi connectivity index (χ2v) is 7.29. The van der Waals surface area contributed by atoms with Gasteiger partial charge in [0.25, 0.3) is 0 Å². The minimum absolute atomic E-state index is 0.139. The third-order valence-corrected chi connectivity index (χ3v) is 4.83. The number of thiophene rings is 1. The van der Waals surface area contributed by atoms with Gasteiger partial charge in [-0.3, -0.25) is 4.79 Å². The Balaban J connectivity index is 2.21. The van der Waals surface area contributed by atoms with Crippen LogP contribution in [0.3, 0.4) is 0 Å². The molecule has 0 spiro atoms. The van der Waals surface area contributed by atoms with Crippen LogP contribution in [-0.4, -0.2) is 25.5 Å². The zero-order valence-electron chi connectivity index (χ0n) is 12.9. The molecule has 1 aromatic heterocycles. The summed E-state index contributed by atoms with van der Waals surface area (Å²) in [6.07, 6.45) is 0. The largest absolute Gasteiger partial charge is 0.497 e. The molecule has 0 aliphatic heterocycles. The highest BCUT2D eigenvalue weighted by molar-refractivity contribution is 7.21. The van der Waals surface area contributed by atoms with Gasteiger partial charge in [-0.1, -0.05) is 32.4 Å². The molecule has 0 fully saturated rings. The topological polar surface area (TPSA) is 52.6 Å². The number of fused-ring (bicyclic) bond motifs is 1. The van der Waals surface area contributed by atoms with E-state index < -0.39 is 11.4 Å². The predicted molar refractivity (Wildman–Crippen MR) is 88.1 cm³/mol. The van der Waals surface area contributed by atoms with Gasteiger partial charge < -0.3 is 9.47 Å². The Morgan fingerprint density at radius 2 is 1.95 bits per heavy atom. The Kier molecular flexibility index (Phi) is 4.78. The van der Waals surface area contributed by atoms with Crippen molar-refractivity contribution < 1.29 is 19.1 Å². The molecule has 0 amide bonds. The molecule has 0 bridgehead atoms. The SMILES string of the molecule is COc1ccc2c(Cl)c(C(=O)OCC(=O)C(C)(C)C)sc2c1. The van der Waals surface area contributed by atoms with Gasteiger partial charge in [0.05, 0.1) is 12.1 Å². The molecule has 0 radical (unpaired) electrons. The lowest BCUT2D eigenvalue weighted by Gasteiger charge is -2.15. The normalized spacial score (nSPS) is 11.5. The van der Waals surface area contributed by atoms with Crippen LogP contribution in [0.15, 0.2) is 18.2 Å².